The summed E-state index contributed by atoms with van der Waals surface area (Å²) in [6.45, 7) is 6.86. The lowest BCUT2D eigenvalue weighted by atomic mass is 9.99. The second-order valence-corrected chi connectivity index (χ2v) is 15.3. The Morgan fingerprint density at radius 1 is 0.762 bits per heavy atom. The van der Waals surface area contributed by atoms with Gasteiger partial charge < -0.3 is 19.5 Å². The van der Waals surface area contributed by atoms with Gasteiger partial charge in [0.05, 0.1) is 26.0 Å². The Labute approximate surface area is 258 Å². The van der Waals surface area contributed by atoms with Crippen molar-refractivity contribution in [2.24, 2.45) is 0 Å². The van der Waals surface area contributed by atoms with Gasteiger partial charge in [0.2, 0.25) is 0 Å². The van der Waals surface area contributed by atoms with Crippen LogP contribution >= 0.6 is 7.92 Å². The van der Waals surface area contributed by atoms with Crippen molar-refractivity contribution in [1.29, 1.82) is 0 Å². The number of hydrogen-bond donors (Lipinski definition) is 1. The highest BCUT2D eigenvalue weighted by molar-refractivity contribution is 7.67. The zero-order chi connectivity index (χ0) is 29.5. The van der Waals surface area contributed by atoms with Gasteiger partial charge in [-0.15, -0.1) is 0 Å². The van der Waals surface area contributed by atoms with E-state index in [1.54, 1.807) is 12.4 Å². The number of unbranched alkanes of at least 4 members (excludes halogenated alkanes) is 5. The maximum Gasteiger partial charge on any atom is 0.192 e. The van der Waals surface area contributed by atoms with Gasteiger partial charge in [0, 0.05) is 12.1 Å². The van der Waals surface area contributed by atoms with E-state index in [1.807, 2.05) is 18.2 Å². The molecule has 1 saturated heterocycles. The molecule has 1 aliphatic heterocycles. The molecule has 2 aliphatic carbocycles. The fraction of sp³-hybridized carbons (Fsp3) is 0.676. The van der Waals surface area contributed by atoms with Gasteiger partial charge in [0.15, 0.2) is 5.79 Å². The van der Waals surface area contributed by atoms with E-state index in [0.717, 1.165) is 42.5 Å². The van der Waals surface area contributed by atoms with Gasteiger partial charge in [-0.2, -0.15) is 0 Å². The number of benzene rings is 2. The lowest BCUT2D eigenvalue weighted by Gasteiger charge is -2.41. The van der Waals surface area contributed by atoms with Crippen molar-refractivity contribution < 1.29 is 14.2 Å². The molecule has 0 aromatic heterocycles. The molecule has 0 spiro atoms. The van der Waals surface area contributed by atoms with Crippen LogP contribution in [0.15, 0.2) is 48.5 Å². The molecule has 0 radical (unpaired) electrons. The van der Waals surface area contributed by atoms with Crippen molar-refractivity contribution in [3.05, 3.63) is 54.1 Å². The molecule has 0 atom stereocenters. The third-order valence-electron chi connectivity index (χ3n) is 9.40. The molecule has 3 fully saturated rings. The summed E-state index contributed by atoms with van der Waals surface area (Å²) < 4.78 is 17.5. The number of hydrogen-bond acceptors (Lipinski definition) is 4. The summed E-state index contributed by atoms with van der Waals surface area (Å²) in [7, 11) is 1.59. The Morgan fingerprint density at radius 2 is 1.33 bits per heavy atom. The van der Waals surface area contributed by atoms with E-state index >= 15 is 0 Å². The number of rotatable bonds is 13. The highest BCUT2D eigenvalue weighted by Crippen LogP contribution is 2.56. The van der Waals surface area contributed by atoms with Gasteiger partial charge in [0.1, 0.15) is 5.75 Å². The molecule has 2 aromatic carbocycles. The highest BCUT2D eigenvalue weighted by atomic mass is 31.1. The van der Waals surface area contributed by atoms with Crippen molar-refractivity contribution in [1.82, 2.24) is 0 Å². The van der Waals surface area contributed by atoms with Crippen LogP contribution in [0.25, 0.3) is 0 Å². The third-order valence-corrected chi connectivity index (χ3v) is 13.0. The van der Waals surface area contributed by atoms with Crippen molar-refractivity contribution in [3.63, 3.8) is 0 Å². The van der Waals surface area contributed by atoms with Gasteiger partial charge in [-0.05, 0) is 67.8 Å². The largest absolute Gasteiger partial charge is 0.495 e. The van der Waals surface area contributed by atoms with Crippen LogP contribution in [0, 0.1) is 0 Å². The first-order valence-electron chi connectivity index (χ1n) is 17.2. The first-order chi connectivity index (χ1) is 20.7. The zero-order valence-corrected chi connectivity index (χ0v) is 27.8. The van der Waals surface area contributed by atoms with E-state index in [1.165, 1.54) is 108 Å². The summed E-state index contributed by atoms with van der Waals surface area (Å²) >= 11 is 0. The van der Waals surface area contributed by atoms with Crippen LogP contribution < -0.4 is 15.4 Å². The fourth-order valence-corrected chi connectivity index (χ4v) is 11.1. The SMILES string of the molecule is CC1(c2ccccc2P(C2CCCCC2)C2CCCCC2)OCCO1.CCCCCCCCNc1ccccc1OC. The van der Waals surface area contributed by atoms with E-state index in [9.17, 15) is 0 Å². The summed E-state index contributed by atoms with van der Waals surface area (Å²) in [4.78, 5) is 0. The van der Waals surface area contributed by atoms with Gasteiger partial charge in [0.25, 0.3) is 0 Å². The van der Waals surface area contributed by atoms with Crippen LogP contribution in [0.3, 0.4) is 0 Å². The van der Waals surface area contributed by atoms with Crippen LogP contribution in [-0.2, 0) is 15.3 Å². The molecule has 5 heteroatoms. The second kappa shape index (κ2) is 18.3. The van der Waals surface area contributed by atoms with Crippen LogP contribution in [-0.4, -0.2) is 38.2 Å². The predicted molar refractivity (Wildman–Crippen MR) is 181 cm³/mol. The third kappa shape index (κ3) is 9.70. The predicted octanol–water partition coefficient (Wildman–Crippen LogP) is 10.1. The normalized spacial score (nSPS) is 19.3. The lowest BCUT2D eigenvalue weighted by Crippen LogP contribution is -2.34. The Kier molecular flexibility index (Phi) is 14.5. The van der Waals surface area contributed by atoms with E-state index in [-0.39, 0.29) is 7.92 Å². The van der Waals surface area contributed by atoms with Crippen LogP contribution in [0.1, 0.15) is 122 Å². The molecule has 2 saturated carbocycles. The second-order valence-electron chi connectivity index (χ2n) is 12.5. The van der Waals surface area contributed by atoms with Gasteiger partial charge in [-0.3, -0.25) is 0 Å². The molecular weight excluding hydrogens is 537 g/mol. The molecule has 234 valence electrons. The Morgan fingerprint density at radius 3 is 1.98 bits per heavy atom. The van der Waals surface area contributed by atoms with Gasteiger partial charge >= 0.3 is 0 Å². The van der Waals surface area contributed by atoms with E-state index in [4.69, 9.17) is 14.2 Å². The number of nitrogens with one attached hydrogen (secondary N) is 1. The molecule has 1 N–H and O–H groups in total. The van der Waals surface area contributed by atoms with Crippen LogP contribution in [0.4, 0.5) is 5.69 Å². The number of para-hydroxylation sites is 2. The molecule has 0 unspecified atom stereocenters. The van der Waals surface area contributed by atoms with Crippen LogP contribution in [0.2, 0.25) is 0 Å². The molecule has 3 aliphatic rings. The smallest absolute Gasteiger partial charge is 0.192 e. The van der Waals surface area contributed by atoms with Crippen molar-refractivity contribution in [3.8, 4) is 5.75 Å². The molecule has 42 heavy (non-hydrogen) atoms. The number of ether oxygens (including phenoxy) is 3. The molecule has 1 heterocycles. The summed E-state index contributed by atoms with van der Waals surface area (Å²) in [6, 6.07) is 17.2. The molecule has 0 amide bonds. The van der Waals surface area contributed by atoms with Gasteiger partial charge in [-0.25, -0.2) is 0 Å². The summed E-state index contributed by atoms with van der Waals surface area (Å²) in [5.41, 5.74) is 4.26. The quantitative estimate of drug-likeness (QED) is 0.185. The first kappa shape index (κ1) is 33.3. The van der Waals surface area contributed by atoms with E-state index < -0.39 is 5.79 Å². The minimum Gasteiger partial charge on any atom is -0.495 e. The number of methoxy groups -OCH3 is 1. The lowest BCUT2D eigenvalue weighted by molar-refractivity contribution is -0.149. The zero-order valence-electron chi connectivity index (χ0n) is 26.9. The van der Waals surface area contributed by atoms with Crippen molar-refractivity contribution >= 4 is 18.9 Å². The highest BCUT2D eigenvalue weighted by Gasteiger charge is 2.40. The molecule has 0 bridgehead atoms. The fourth-order valence-electron chi connectivity index (χ4n) is 7.08. The molecule has 4 nitrogen and oxygen atoms in total. The average Bonchev–Trinajstić information content (AvgIpc) is 3.50. The van der Waals surface area contributed by atoms with E-state index in [0.29, 0.717) is 0 Å². The minimum absolute atomic E-state index is 0.121. The van der Waals surface area contributed by atoms with E-state index in [2.05, 4.69) is 49.5 Å². The Hall–Kier alpha value is -1.61. The van der Waals surface area contributed by atoms with Gasteiger partial charge in [-0.1, -0.05) is 122 Å². The van der Waals surface area contributed by atoms with Crippen LogP contribution in [0.5, 0.6) is 5.75 Å². The topological polar surface area (TPSA) is 39.7 Å². The Balaban J connectivity index is 0.000000209. The summed E-state index contributed by atoms with van der Waals surface area (Å²) in [5.74, 6) is 0.402. The molecular formula is C37H58NO3P. The minimum atomic E-state index is -0.527. The standard InChI is InChI=1S/C22H33O2P.C15H25NO/c1-22(23-16-17-24-22)20-14-8-9-15-21(20)25(18-10-4-2-5-11-18)19-12-6-3-7-13-19;1-3-4-5-6-7-10-13-16-14-11-8-9-12-15(14)17-2/h8-9,14-15,18-19H,2-7,10-13,16-17H2,1H3;8-9,11-12,16H,3-7,10,13H2,1-2H3. The summed E-state index contributed by atoms with van der Waals surface area (Å²) in [6.07, 6.45) is 22.4. The first-order valence-corrected chi connectivity index (χ1v) is 18.7. The van der Waals surface area contributed by atoms with Crippen molar-refractivity contribution in [2.45, 2.75) is 134 Å². The number of anilines is 1. The maximum atomic E-state index is 6.08. The average molecular weight is 596 g/mol. The monoisotopic (exact) mass is 595 g/mol. The maximum absolute atomic E-state index is 6.08. The molecule has 5 rings (SSSR count). The van der Waals surface area contributed by atoms with Crippen molar-refractivity contribution in [2.75, 3.05) is 32.2 Å². The molecule has 2 aromatic rings. The Bertz CT molecular complexity index is 994. The summed E-state index contributed by atoms with van der Waals surface area (Å²) in [5, 5.41) is 5.03.